The molecule has 0 aliphatic carbocycles. The van der Waals surface area contributed by atoms with E-state index in [4.69, 9.17) is 4.74 Å². The third kappa shape index (κ3) is 11.4. The van der Waals surface area contributed by atoms with Crippen LogP contribution in [0.4, 0.5) is 0 Å². The van der Waals surface area contributed by atoms with E-state index in [0.717, 1.165) is 39.1 Å². The molecule has 0 aromatic heterocycles. The van der Waals surface area contributed by atoms with Crippen molar-refractivity contribution >= 4 is 10.0 Å². The van der Waals surface area contributed by atoms with Gasteiger partial charge in [-0.15, -0.1) is 0 Å². The maximum atomic E-state index is 11.3. The van der Waals surface area contributed by atoms with Gasteiger partial charge < -0.3 is 10.1 Å². The van der Waals surface area contributed by atoms with Crippen LogP contribution in [0.2, 0.25) is 0 Å². The summed E-state index contributed by atoms with van der Waals surface area (Å²) in [4.78, 5) is 0. The molecule has 0 heterocycles. The van der Waals surface area contributed by atoms with Gasteiger partial charge in [0.05, 0.1) is 12.9 Å². The Bertz CT molecular complexity index is 305. The summed E-state index contributed by atoms with van der Waals surface area (Å²) in [6.07, 6.45) is 3.18. The zero-order valence-corrected chi connectivity index (χ0v) is 13.6. The quantitative estimate of drug-likeness (QED) is 0.551. The summed E-state index contributed by atoms with van der Waals surface area (Å²) in [5.74, 6) is 0.684. The van der Waals surface area contributed by atoms with Crippen LogP contribution in [0.25, 0.3) is 0 Å². The van der Waals surface area contributed by atoms with E-state index in [-0.39, 0.29) is 0 Å². The highest BCUT2D eigenvalue weighted by Crippen LogP contribution is 1.99. The van der Waals surface area contributed by atoms with Crippen molar-refractivity contribution in [2.24, 2.45) is 5.92 Å². The van der Waals surface area contributed by atoms with Gasteiger partial charge in [-0.2, -0.15) is 0 Å². The van der Waals surface area contributed by atoms with Crippen molar-refractivity contribution in [3.05, 3.63) is 0 Å². The summed E-state index contributed by atoms with van der Waals surface area (Å²) in [7, 11) is -3.05. The fourth-order valence-electron chi connectivity index (χ4n) is 1.63. The summed E-state index contributed by atoms with van der Waals surface area (Å²) in [5, 5.41) is 3.26. The van der Waals surface area contributed by atoms with Gasteiger partial charge in [-0.25, -0.2) is 12.7 Å². The van der Waals surface area contributed by atoms with Crippen LogP contribution in [0.15, 0.2) is 0 Å². The average Bonchev–Trinajstić information content (AvgIpc) is 2.29. The Morgan fingerprint density at radius 2 is 1.89 bits per heavy atom. The van der Waals surface area contributed by atoms with E-state index < -0.39 is 10.0 Å². The third-order valence-corrected chi connectivity index (χ3v) is 4.22. The first-order valence-electron chi connectivity index (χ1n) is 7.11. The predicted octanol–water partition coefficient (Wildman–Crippen LogP) is 1.31. The van der Waals surface area contributed by atoms with Crippen molar-refractivity contribution in [2.45, 2.75) is 33.6 Å². The van der Waals surface area contributed by atoms with E-state index in [1.165, 1.54) is 10.6 Å². The Kier molecular flexibility index (Phi) is 10.5. The maximum absolute atomic E-state index is 11.3. The molecule has 5 nitrogen and oxygen atoms in total. The summed E-state index contributed by atoms with van der Waals surface area (Å²) in [6, 6.07) is 0. The van der Waals surface area contributed by atoms with Gasteiger partial charge in [0, 0.05) is 26.2 Å². The van der Waals surface area contributed by atoms with Gasteiger partial charge in [-0.1, -0.05) is 20.8 Å². The summed E-state index contributed by atoms with van der Waals surface area (Å²) in [6.45, 7) is 10.5. The molecule has 1 N–H and O–H groups in total. The normalized spacial score (nSPS) is 12.5. The Morgan fingerprint density at radius 3 is 2.42 bits per heavy atom. The first-order chi connectivity index (χ1) is 8.88. The van der Waals surface area contributed by atoms with Crippen LogP contribution >= 0.6 is 0 Å². The molecular weight excluding hydrogens is 264 g/mol. The second kappa shape index (κ2) is 10.6. The Hall–Kier alpha value is -0.170. The second-order valence-corrected chi connectivity index (χ2v) is 7.14. The van der Waals surface area contributed by atoms with Crippen LogP contribution in [0.1, 0.15) is 33.6 Å². The molecule has 0 bridgehead atoms. The van der Waals surface area contributed by atoms with E-state index in [1.54, 1.807) is 0 Å². The van der Waals surface area contributed by atoms with Crippen LogP contribution in [-0.2, 0) is 14.8 Å². The molecule has 0 radical (unpaired) electrons. The standard InChI is InChI=1S/C13H30N2O3S/c1-5-15(19(4,16)17)10-6-8-14-9-12-18-11-7-13(2)3/h13-14H,5-12H2,1-4H3. The molecule has 0 spiro atoms. The van der Waals surface area contributed by atoms with Gasteiger partial charge >= 0.3 is 0 Å². The average molecular weight is 294 g/mol. The molecule has 19 heavy (non-hydrogen) atoms. The van der Waals surface area contributed by atoms with Crippen molar-refractivity contribution in [1.82, 2.24) is 9.62 Å². The molecule has 0 aromatic rings. The highest BCUT2D eigenvalue weighted by Gasteiger charge is 2.12. The van der Waals surface area contributed by atoms with Crippen molar-refractivity contribution in [3.63, 3.8) is 0 Å². The van der Waals surface area contributed by atoms with Crippen LogP contribution < -0.4 is 5.32 Å². The lowest BCUT2D eigenvalue weighted by Gasteiger charge is -2.17. The Morgan fingerprint density at radius 1 is 1.21 bits per heavy atom. The molecule has 0 rings (SSSR count). The van der Waals surface area contributed by atoms with E-state index in [2.05, 4.69) is 19.2 Å². The molecule has 0 unspecified atom stereocenters. The fourth-order valence-corrected chi connectivity index (χ4v) is 2.56. The summed E-state index contributed by atoms with van der Waals surface area (Å²) < 4.78 is 29.7. The van der Waals surface area contributed by atoms with Gasteiger partial charge in [0.15, 0.2) is 0 Å². The minimum atomic E-state index is -3.05. The molecule has 6 heteroatoms. The summed E-state index contributed by atoms with van der Waals surface area (Å²) >= 11 is 0. The number of sulfonamides is 1. The molecule has 0 aliphatic heterocycles. The Labute approximate surface area is 118 Å². The molecule has 0 saturated carbocycles. The van der Waals surface area contributed by atoms with Crippen LogP contribution in [0.5, 0.6) is 0 Å². The number of hydrogen-bond acceptors (Lipinski definition) is 4. The van der Waals surface area contributed by atoms with Gasteiger partial charge in [-0.05, 0) is 25.3 Å². The number of nitrogens with zero attached hydrogens (tertiary/aromatic N) is 1. The first kappa shape index (κ1) is 18.8. The zero-order valence-electron chi connectivity index (χ0n) is 12.8. The minimum absolute atomic E-state index is 0.539. The smallest absolute Gasteiger partial charge is 0.211 e. The van der Waals surface area contributed by atoms with Crippen molar-refractivity contribution in [3.8, 4) is 0 Å². The molecular formula is C13H30N2O3S. The second-order valence-electron chi connectivity index (χ2n) is 5.15. The molecule has 0 amide bonds. The maximum Gasteiger partial charge on any atom is 0.211 e. The number of nitrogens with one attached hydrogen (secondary N) is 1. The Balaban J connectivity index is 3.40. The van der Waals surface area contributed by atoms with Gasteiger partial charge in [0.2, 0.25) is 10.0 Å². The fraction of sp³-hybridized carbons (Fsp3) is 1.00. The van der Waals surface area contributed by atoms with Crippen LogP contribution in [0, 0.1) is 5.92 Å². The molecule has 0 atom stereocenters. The molecule has 116 valence electrons. The van der Waals surface area contributed by atoms with Gasteiger partial charge in [-0.3, -0.25) is 0 Å². The molecule has 0 fully saturated rings. The van der Waals surface area contributed by atoms with E-state index in [0.29, 0.717) is 19.0 Å². The third-order valence-electron chi connectivity index (χ3n) is 2.85. The largest absolute Gasteiger partial charge is 0.380 e. The SMILES string of the molecule is CCN(CCCNCCOCCC(C)C)S(C)(=O)=O. The van der Waals surface area contributed by atoms with Crippen LogP contribution in [-0.4, -0.2) is 58.4 Å². The zero-order chi connectivity index (χ0) is 14.7. The van der Waals surface area contributed by atoms with E-state index in [1.807, 2.05) is 6.92 Å². The van der Waals surface area contributed by atoms with E-state index in [9.17, 15) is 8.42 Å². The summed E-state index contributed by atoms with van der Waals surface area (Å²) in [5.41, 5.74) is 0. The monoisotopic (exact) mass is 294 g/mol. The van der Waals surface area contributed by atoms with E-state index >= 15 is 0 Å². The number of ether oxygens (including phenoxy) is 1. The first-order valence-corrected chi connectivity index (χ1v) is 8.96. The lowest BCUT2D eigenvalue weighted by molar-refractivity contribution is 0.125. The number of rotatable bonds is 12. The lowest BCUT2D eigenvalue weighted by Crippen LogP contribution is -2.32. The minimum Gasteiger partial charge on any atom is -0.380 e. The lowest BCUT2D eigenvalue weighted by atomic mass is 10.1. The van der Waals surface area contributed by atoms with Crippen molar-refractivity contribution in [1.29, 1.82) is 0 Å². The highest BCUT2D eigenvalue weighted by molar-refractivity contribution is 7.88. The van der Waals surface area contributed by atoms with Gasteiger partial charge in [0.25, 0.3) is 0 Å². The van der Waals surface area contributed by atoms with Crippen molar-refractivity contribution in [2.75, 3.05) is 45.6 Å². The number of hydrogen-bond donors (Lipinski definition) is 1. The van der Waals surface area contributed by atoms with Crippen LogP contribution in [0.3, 0.4) is 0 Å². The molecule has 0 aromatic carbocycles. The van der Waals surface area contributed by atoms with Gasteiger partial charge in [0.1, 0.15) is 0 Å². The molecule has 0 saturated heterocycles. The highest BCUT2D eigenvalue weighted by atomic mass is 32.2. The topological polar surface area (TPSA) is 58.6 Å². The van der Waals surface area contributed by atoms with Crippen molar-refractivity contribution < 1.29 is 13.2 Å². The predicted molar refractivity (Wildman–Crippen MR) is 79.9 cm³/mol. The molecule has 0 aliphatic rings.